The fourth-order valence-corrected chi connectivity index (χ4v) is 5.21. The van der Waals surface area contributed by atoms with Crippen molar-refractivity contribution in [3.05, 3.63) is 89.4 Å². The largest absolute Gasteiger partial charge is 0.499 e. The predicted molar refractivity (Wildman–Crippen MR) is 149 cm³/mol. The number of hydrogen-bond donors (Lipinski definition) is 1. The van der Waals surface area contributed by atoms with Gasteiger partial charge in [0.05, 0.1) is 11.4 Å². The van der Waals surface area contributed by atoms with Gasteiger partial charge in [-0.1, -0.05) is 13.0 Å². The molecule has 3 heterocycles. The van der Waals surface area contributed by atoms with Crippen LogP contribution in [0.5, 0.6) is 5.75 Å². The summed E-state index contributed by atoms with van der Waals surface area (Å²) in [6.07, 6.45) is -9.25. The Labute approximate surface area is 247 Å². The molecule has 1 aliphatic rings. The fraction of sp³-hybridized carbons (Fsp3) is 0.333. The molecular formula is C30H28F7N5O2. The first-order valence-electron chi connectivity index (χ1n) is 13.8. The van der Waals surface area contributed by atoms with E-state index >= 15 is 4.39 Å². The molecule has 234 valence electrons. The maximum absolute atomic E-state index is 15.2. The molecule has 7 nitrogen and oxygen atoms in total. The number of nitrogens with one attached hydrogen (secondary N) is 1. The van der Waals surface area contributed by atoms with E-state index in [1.807, 2.05) is 23.6 Å². The first-order chi connectivity index (χ1) is 20.8. The molecule has 2 aromatic heterocycles. The minimum atomic E-state index is -5.84. The van der Waals surface area contributed by atoms with Crippen LogP contribution in [0.25, 0.3) is 5.65 Å². The molecule has 44 heavy (non-hydrogen) atoms. The van der Waals surface area contributed by atoms with Crippen LogP contribution >= 0.6 is 0 Å². The van der Waals surface area contributed by atoms with Gasteiger partial charge in [-0.3, -0.25) is 9.20 Å². The van der Waals surface area contributed by atoms with E-state index in [0.717, 1.165) is 12.1 Å². The van der Waals surface area contributed by atoms with Gasteiger partial charge in [-0.25, -0.2) is 13.8 Å². The molecule has 4 aromatic rings. The number of ether oxygens (including phenoxy) is 1. The fourth-order valence-electron chi connectivity index (χ4n) is 5.21. The normalized spacial score (nSPS) is 16.0. The van der Waals surface area contributed by atoms with Gasteiger partial charge in [0.15, 0.2) is 0 Å². The van der Waals surface area contributed by atoms with Crippen LogP contribution < -0.4 is 19.9 Å². The zero-order chi connectivity index (χ0) is 31.8. The van der Waals surface area contributed by atoms with Crippen LogP contribution in [0, 0.1) is 11.6 Å². The number of amides is 1. The summed E-state index contributed by atoms with van der Waals surface area (Å²) in [5.41, 5.74) is 2.59. The van der Waals surface area contributed by atoms with E-state index in [0.29, 0.717) is 54.3 Å². The molecule has 0 bridgehead atoms. The number of aromatic nitrogens is 2. The number of fused-ring (bicyclic) bond motifs is 1. The lowest BCUT2D eigenvalue weighted by Gasteiger charge is -2.42. The number of pyridine rings is 1. The standard InChI is InChI=1S/C30H28F7N5O2/c1-3-24-27(42-11-10-20(31)15-26(42)39-24)28(43)38-16-19-4-9-25(23(32)14-19)40-12-13-41(18(2)17-40)21-5-7-22(8-6-21)44-30(36,37)29(33,34)35/h4-11,14-15,18H,3,12-13,16-17H2,1-2H3,(H,38,43)/t18-/m0/s1. The Bertz CT molecular complexity index is 1660. The molecule has 5 rings (SSSR count). The molecule has 1 fully saturated rings. The average Bonchev–Trinajstić information content (AvgIpc) is 3.33. The second-order valence-electron chi connectivity index (χ2n) is 10.4. The van der Waals surface area contributed by atoms with Crippen molar-refractivity contribution < 1.29 is 40.3 Å². The first-order valence-corrected chi connectivity index (χ1v) is 13.8. The second kappa shape index (κ2) is 11.9. The van der Waals surface area contributed by atoms with Crippen LogP contribution in [0.1, 0.15) is 35.6 Å². The van der Waals surface area contributed by atoms with Gasteiger partial charge in [0.1, 0.15) is 28.7 Å². The summed E-state index contributed by atoms with van der Waals surface area (Å²) in [6.45, 7) is 5.02. The highest BCUT2D eigenvalue weighted by Gasteiger charge is 2.61. The highest BCUT2D eigenvalue weighted by atomic mass is 19.4. The van der Waals surface area contributed by atoms with E-state index in [4.69, 9.17) is 0 Å². The minimum absolute atomic E-state index is 0.0480. The van der Waals surface area contributed by atoms with Gasteiger partial charge in [0.2, 0.25) is 0 Å². The number of alkyl halides is 5. The van der Waals surface area contributed by atoms with Crippen molar-refractivity contribution in [1.82, 2.24) is 14.7 Å². The highest BCUT2D eigenvalue weighted by Crippen LogP contribution is 2.38. The van der Waals surface area contributed by atoms with E-state index in [1.165, 1.54) is 40.9 Å². The molecule has 0 radical (unpaired) electrons. The van der Waals surface area contributed by atoms with Crippen molar-refractivity contribution in [2.24, 2.45) is 0 Å². The Morgan fingerprint density at radius 3 is 2.39 bits per heavy atom. The summed E-state index contributed by atoms with van der Waals surface area (Å²) in [5, 5.41) is 2.78. The molecule has 0 aliphatic carbocycles. The number of nitrogens with zero attached hydrogens (tertiary/aromatic N) is 4. The third kappa shape index (κ3) is 6.24. The number of rotatable bonds is 8. The lowest BCUT2D eigenvalue weighted by Crippen LogP contribution is -2.52. The van der Waals surface area contributed by atoms with Gasteiger partial charge in [-0.15, -0.1) is 0 Å². The Morgan fingerprint density at radius 1 is 1.02 bits per heavy atom. The van der Waals surface area contributed by atoms with Crippen molar-refractivity contribution in [2.45, 2.75) is 45.1 Å². The number of piperazine rings is 1. The second-order valence-corrected chi connectivity index (χ2v) is 10.4. The van der Waals surface area contributed by atoms with Crippen LogP contribution in [0.3, 0.4) is 0 Å². The molecule has 0 saturated carbocycles. The highest BCUT2D eigenvalue weighted by molar-refractivity contribution is 5.94. The summed E-state index contributed by atoms with van der Waals surface area (Å²) in [7, 11) is 0. The molecular weight excluding hydrogens is 595 g/mol. The quantitative estimate of drug-likeness (QED) is 0.232. The summed E-state index contributed by atoms with van der Waals surface area (Å²) < 4.78 is 97.9. The van der Waals surface area contributed by atoms with Crippen LogP contribution in [-0.2, 0) is 13.0 Å². The Hall–Kier alpha value is -4.49. The molecule has 1 atom stereocenters. The van der Waals surface area contributed by atoms with Gasteiger partial charge >= 0.3 is 12.3 Å². The summed E-state index contributed by atoms with van der Waals surface area (Å²) in [6, 6.07) is 11.9. The molecule has 1 aliphatic heterocycles. The Morgan fingerprint density at radius 2 is 1.75 bits per heavy atom. The van der Waals surface area contributed by atoms with Crippen molar-refractivity contribution in [3.63, 3.8) is 0 Å². The van der Waals surface area contributed by atoms with E-state index in [-0.39, 0.29) is 18.3 Å². The van der Waals surface area contributed by atoms with Gasteiger partial charge in [0, 0.05) is 50.2 Å². The maximum Gasteiger partial charge on any atom is 0.499 e. The van der Waals surface area contributed by atoms with E-state index < -0.39 is 35.6 Å². The van der Waals surface area contributed by atoms with E-state index in [9.17, 15) is 31.1 Å². The predicted octanol–water partition coefficient (Wildman–Crippen LogP) is 6.35. The molecule has 1 amide bonds. The number of anilines is 2. The Balaban J connectivity index is 1.20. The smallest absolute Gasteiger partial charge is 0.426 e. The number of carbonyl (C=O) groups is 1. The first kappa shape index (κ1) is 31.0. The van der Waals surface area contributed by atoms with Crippen LogP contribution in [0.2, 0.25) is 0 Å². The SMILES string of the molecule is CCc1nc2cc(F)ccn2c1C(=O)NCc1ccc(N2CCN(c3ccc(OC(F)(F)C(F)(F)F)cc3)[C@@H](C)C2)c(F)c1. The van der Waals surface area contributed by atoms with Gasteiger partial charge in [-0.2, -0.15) is 22.0 Å². The van der Waals surface area contributed by atoms with E-state index in [1.54, 1.807) is 12.1 Å². The van der Waals surface area contributed by atoms with Crippen molar-refractivity contribution >= 4 is 22.9 Å². The van der Waals surface area contributed by atoms with Crippen molar-refractivity contribution in [1.29, 1.82) is 0 Å². The lowest BCUT2D eigenvalue weighted by atomic mass is 10.1. The molecule has 1 saturated heterocycles. The number of hydrogen-bond acceptors (Lipinski definition) is 5. The van der Waals surface area contributed by atoms with Gasteiger partial charge < -0.3 is 19.9 Å². The van der Waals surface area contributed by atoms with Crippen molar-refractivity contribution in [2.75, 3.05) is 29.4 Å². The molecule has 0 spiro atoms. The summed E-state index contributed by atoms with van der Waals surface area (Å²) in [4.78, 5) is 21.1. The molecule has 1 N–H and O–H groups in total. The van der Waals surface area contributed by atoms with Crippen molar-refractivity contribution in [3.8, 4) is 5.75 Å². The average molecular weight is 624 g/mol. The number of carbonyl (C=O) groups excluding carboxylic acids is 1. The molecule has 2 aromatic carbocycles. The van der Waals surface area contributed by atoms with Gasteiger partial charge in [-0.05, 0) is 61.4 Å². The number of benzene rings is 2. The third-order valence-corrected chi connectivity index (χ3v) is 7.39. The van der Waals surface area contributed by atoms with Gasteiger partial charge in [0.25, 0.3) is 5.91 Å². The van der Waals surface area contributed by atoms with Crippen LogP contribution in [-0.4, -0.2) is 53.3 Å². The molecule has 14 heteroatoms. The maximum atomic E-state index is 15.2. The topological polar surface area (TPSA) is 62.1 Å². The zero-order valence-electron chi connectivity index (χ0n) is 23.6. The monoisotopic (exact) mass is 623 g/mol. The minimum Gasteiger partial charge on any atom is -0.426 e. The number of halogens is 7. The number of imidazole rings is 1. The Kier molecular flexibility index (Phi) is 8.36. The van der Waals surface area contributed by atoms with Crippen LogP contribution in [0.15, 0.2) is 60.8 Å². The lowest BCUT2D eigenvalue weighted by molar-refractivity contribution is -0.360. The summed E-state index contributed by atoms with van der Waals surface area (Å²) >= 11 is 0. The van der Waals surface area contributed by atoms with Crippen LogP contribution in [0.4, 0.5) is 42.1 Å². The summed E-state index contributed by atoms with van der Waals surface area (Å²) in [5.74, 6) is -2.00. The van der Waals surface area contributed by atoms with E-state index in [2.05, 4.69) is 15.0 Å². The zero-order valence-corrected chi connectivity index (χ0v) is 23.6. The number of aryl methyl sites for hydroxylation is 1. The third-order valence-electron chi connectivity index (χ3n) is 7.39. The molecule has 0 unspecified atom stereocenters.